The van der Waals surface area contributed by atoms with Crippen molar-refractivity contribution < 1.29 is 4.79 Å². The van der Waals surface area contributed by atoms with E-state index in [0.29, 0.717) is 11.9 Å². The summed E-state index contributed by atoms with van der Waals surface area (Å²) in [5.74, 6) is 0.442. The van der Waals surface area contributed by atoms with E-state index < -0.39 is 0 Å². The predicted octanol–water partition coefficient (Wildman–Crippen LogP) is 1.24. The van der Waals surface area contributed by atoms with Gasteiger partial charge in [-0.25, -0.2) is 0 Å². The van der Waals surface area contributed by atoms with Crippen molar-refractivity contribution in [1.82, 2.24) is 10.2 Å². The van der Waals surface area contributed by atoms with E-state index in [1.54, 1.807) is 0 Å². The molecule has 1 heterocycles. The van der Waals surface area contributed by atoms with Crippen molar-refractivity contribution in [1.29, 1.82) is 0 Å². The summed E-state index contributed by atoms with van der Waals surface area (Å²) >= 11 is 0. The zero-order valence-corrected chi connectivity index (χ0v) is 9.55. The SMILES string of the molecule is CNCC1CCCCN1C(=O)C(C)C. The molecule has 0 aliphatic carbocycles. The molecule has 1 unspecified atom stereocenters. The first kappa shape index (κ1) is 11.5. The fourth-order valence-electron chi connectivity index (χ4n) is 2.07. The number of nitrogens with one attached hydrogen (secondary N) is 1. The number of rotatable bonds is 3. The van der Waals surface area contributed by atoms with Gasteiger partial charge >= 0.3 is 0 Å². The molecule has 0 bridgehead atoms. The Hall–Kier alpha value is -0.570. The molecule has 82 valence electrons. The van der Waals surface area contributed by atoms with Crippen LogP contribution < -0.4 is 5.32 Å². The number of carbonyl (C=O) groups is 1. The van der Waals surface area contributed by atoms with Crippen molar-refractivity contribution in [3.8, 4) is 0 Å². The summed E-state index contributed by atoms with van der Waals surface area (Å²) < 4.78 is 0. The molecule has 0 radical (unpaired) electrons. The maximum absolute atomic E-state index is 11.9. The van der Waals surface area contributed by atoms with Gasteiger partial charge in [0.25, 0.3) is 0 Å². The molecule has 1 rings (SSSR count). The Balaban J connectivity index is 2.57. The average molecular weight is 198 g/mol. The van der Waals surface area contributed by atoms with E-state index in [4.69, 9.17) is 0 Å². The van der Waals surface area contributed by atoms with Crippen molar-refractivity contribution in [3.63, 3.8) is 0 Å². The number of nitrogens with zero attached hydrogens (tertiary/aromatic N) is 1. The first-order chi connectivity index (χ1) is 6.66. The van der Waals surface area contributed by atoms with Gasteiger partial charge in [-0.3, -0.25) is 4.79 Å². The van der Waals surface area contributed by atoms with Crippen LogP contribution in [0.25, 0.3) is 0 Å². The van der Waals surface area contributed by atoms with E-state index >= 15 is 0 Å². The lowest BCUT2D eigenvalue weighted by Crippen LogP contribution is -2.49. The molecule has 1 fully saturated rings. The van der Waals surface area contributed by atoms with Gasteiger partial charge in [0, 0.05) is 25.0 Å². The van der Waals surface area contributed by atoms with Crippen molar-refractivity contribution >= 4 is 5.91 Å². The zero-order chi connectivity index (χ0) is 10.6. The summed E-state index contributed by atoms with van der Waals surface area (Å²) in [6.45, 7) is 5.84. The van der Waals surface area contributed by atoms with Crippen LogP contribution in [0.15, 0.2) is 0 Å². The number of piperidine rings is 1. The highest BCUT2D eigenvalue weighted by molar-refractivity contribution is 5.78. The Bertz CT molecular complexity index is 190. The van der Waals surface area contributed by atoms with Gasteiger partial charge in [-0.2, -0.15) is 0 Å². The van der Waals surface area contributed by atoms with Crippen LogP contribution in [0, 0.1) is 5.92 Å². The summed E-state index contributed by atoms with van der Waals surface area (Å²) in [6, 6.07) is 0.420. The Morgan fingerprint density at radius 1 is 1.50 bits per heavy atom. The normalized spacial score (nSPS) is 22.9. The van der Waals surface area contributed by atoms with E-state index in [2.05, 4.69) is 10.2 Å². The lowest BCUT2D eigenvalue weighted by molar-refractivity contribution is -0.138. The Kier molecular flexibility index (Phi) is 4.39. The van der Waals surface area contributed by atoms with Gasteiger partial charge in [0.1, 0.15) is 0 Å². The number of amides is 1. The molecule has 0 spiro atoms. The summed E-state index contributed by atoms with van der Waals surface area (Å²) in [7, 11) is 1.95. The third kappa shape index (κ3) is 2.71. The number of hydrogen-bond acceptors (Lipinski definition) is 2. The van der Waals surface area contributed by atoms with E-state index in [0.717, 1.165) is 19.5 Å². The average Bonchev–Trinajstić information content (AvgIpc) is 2.18. The first-order valence-electron chi connectivity index (χ1n) is 5.62. The van der Waals surface area contributed by atoms with Crippen LogP contribution in [0.5, 0.6) is 0 Å². The number of hydrogen-bond donors (Lipinski definition) is 1. The maximum atomic E-state index is 11.9. The minimum Gasteiger partial charge on any atom is -0.338 e. The van der Waals surface area contributed by atoms with Crippen LogP contribution in [-0.4, -0.2) is 37.0 Å². The summed E-state index contributed by atoms with van der Waals surface area (Å²) in [5.41, 5.74) is 0. The molecule has 1 aliphatic heterocycles. The number of carbonyl (C=O) groups excluding carboxylic acids is 1. The van der Waals surface area contributed by atoms with Crippen molar-refractivity contribution in [2.45, 2.75) is 39.2 Å². The molecular formula is C11H22N2O. The van der Waals surface area contributed by atoms with Crippen LogP contribution in [0.1, 0.15) is 33.1 Å². The number of likely N-dealkylation sites (tertiary alicyclic amines) is 1. The molecule has 14 heavy (non-hydrogen) atoms. The summed E-state index contributed by atoms with van der Waals surface area (Å²) in [4.78, 5) is 13.9. The number of likely N-dealkylation sites (N-methyl/N-ethyl adjacent to an activating group) is 1. The van der Waals surface area contributed by atoms with Crippen LogP contribution >= 0.6 is 0 Å². The van der Waals surface area contributed by atoms with Gasteiger partial charge < -0.3 is 10.2 Å². The van der Waals surface area contributed by atoms with Gasteiger partial charge in [0.2, 0.25) is 5.91 Å². The quantitative estimate of drug-likeness (QED) is 0.740. The molecule has 0 aromatic rings. The Labute approximate surface area is 86.9 Å². The molecule has 1 amide bonds. The van der Waals surface area contributed by atoms with Crippen LogP contribution in [0.4, 0.5) is 0 Å². The monoisotopic (exact) mass is 198 g/mol. The smallest absolute Gasteiger partial charge is 0.225 e. The molecule has 1 atom stereocenters. The zero-order valence-electron chi connectivity index (χ0n) is 9.55. The Morgan fingerprint density at radius 2 is 2.21 bits per heavy atom. The topological polar surface area (TPSA) is 32.3 Å². The second-order valence-electron chi connectivity index (χ2n) is 4.39. The molecule has 3 nitrogen and oxygen atoms in total. The molecule has 1 N–H and O–H groups in total. The van der Waals surface area contributed by atoms with Gasteiger partial charge in [-0.05, 0) is 26.3 Å². The lowest BCUT2D eigenvalue weighted by Gasteiger charge is -2.36. The van der Waals surface area contributed by atoms with E-state index in [-0.39, 0.29) is 5.92 Å². The van der Waals surface area contributed by atoms with Crippen LogP contribution in [0.3, 0.4) is 0 Å². The molecular weight excluding hydrogens is 176 g/mol. The van der Waals surface area contributed by atoms with Crippen molar-refractivity contribution in [2.75, 3.05) is 20.1 Å². The fraction of sp³-hybridized carbons (Fsp3) is 0.909. The van der Waals surface area contributed by atoms with Crippen LogP contribution in [0.2, 0.25) is 0 Å². The highest BCUT2D eigenvalue weighted by Gasteiger charge is 2.27. The second-order valence-corrected chi connectivity index (χ2v) is 4.39. The van der Waals surface area contributed by atoms with Gasteiger partial charge in [0.15, 0.2) is 0 Å². The molecule has 1 aliphatic rings. The van der Waals surface area contributed by atoms with Crippen molar-refractivity contribution in [2.24, 2.45) is 5.92 Å². The largest absolute Gasteiger partial charge is 0.338 e. The standard InChI is InChI=1S/C11H22N2O/c1-9(2)11(14)13-7-5-4-6-10(13)8-12-3/h9-10,12H,4-8H2,1-3H3. The molecule has 1 saturated heterocycles. The predicted molar refractivity (Wildman–Crippen MR) is 58.1 cm³/mol. The van der Waals surface area contributed by atoms with Gasteiger partial charge in [0.05, 0.1) is 0 Å². The minimum atomic E-state index is 0.132. The fourth-order valence-corrected chi connectivity index (χ4v) is 2.07. The molecule has 3 heteroatoms. The molecule has 0 saturated carbocycles. The highest BCUT2D eigenvalue weighted by Crippen LogP contribution is 2.18. The van der Waals surface area contributed by atoms with Gasteiger partial charge in [-0.15, -0.1) is 0 Å². The van der Waals surface area contributed by atoms with Crippen LogP contribution in [-0.2, 0) is 4.79 Å². The van der Waals surface area contributed by atoms with Gasteiger partial charge in [-0.1, -0.05) is 13.8 Å². The third-order valence-electron chi connectivity index (χ3n) is 2.84. The second kappa shape index (κ2) is 5.35. The summed E-state index contributed by atoms with van der Waals surface area (Å²) in [5, 5.41) is 3.17. The minimum absolute atomic E-state index is 0.132. The maximum Gasteiger partial charge on any atom is 0.225 e. The van der Waals surface area contributed by atoms with E-state index in [1.165, 1.54) is 12.8 Å². The summed E-state index contributed by atoms with van der Waals surface area (Å²) in [6.07, 6.45) is 3.58. The van der Waals surface area contributed by atoms with Crippen molar-refractivity contribution in [3.05, 3.63) is 0 Å². The van der Waals surface area contributed by atoms with E-state index in [1.807, 2.05) is 20.9 Å². The Morgan fingerprint density at radius 3 is 2.79 bits per heavy atom. The molecule has 0 aromatic heterocycles. The first-order valence-corrected chi connectivity index (χ1v) is 5.62. The lowest BCUT2D eigenvalue weighted by atomic mass is 10.00. The van der Waals surface area contributed by atoms with E-state index in [9.17, 15) is 4.79 Å². The molecule has 0 aromatic carbocycles. The highest BCUT2D eigenvalue weighted by atomic mass is 16.2. The third-order valence-corrected chi connectivity index (χ3v) is 2.84.